The van der Waals surface area contributed by atoms with E-state index in [0.717, 1.165) is 31.9 Å². The van der Waals surface area contributed by atoms with Gasteiger partial charge in [-0.15, -0.1) is 0 Å². The zero-order valence-corrected chi connectivity index (χ0v) is 8.81. The highest BCUT2D eigenvalue weighted by Crippen LogP contribution is 2.18. The molecule has 6 heteroatoms. The Morgan fingerprint density at radius 1 is 1.57 bits per heavy atom. The number of guanidine groups is 1. The molecule has 0 saturated carbocycles. The average Bonchev–Trinajstić information content (AvgIpc) is 2.71. The first-order chi connectivity index (χ1) is 6.68. The Balaban J connectivity index is 1.86. The molecule has 80 valence electrons. The summed E-state index contributed by atoms with van der Waals surface area (Å²) in [5.74, 6) is 1.09. The van der Waals surface area contributed by atoms with Crippen LogP contribution in [0.15, 0.2) is 4.99 Å². The maximum atomic E-state index is 11.5. The predicted octanol–water partition coefficient (Wildman–Crippen LogP) is -0.888. The molecule has 2 aliphatic heterocycles. The molecule has 2 rings (SSSR count). The van der Waals surface area contributed by atoms with Crippen molar-refractivity contribution in [3.8, 4) is 0 Å². The van der Waals surface area contributed by atoms with Crippen LogP contribution in [0.2, 0.25) is 0 Å². The van der Waals surface area contributed by atoms with Crippen LogP contribution in [0, 0.1) is 0 Å². The molecule has 1 atom stereocenters. The van der Waals surface area contributed by atoms with Gasteiger partial charge < -0.3 is 10.6 Å². The summed E-state index contributed by atoms with van der Waals surface area (Å²) in [5, 5.41) is 5.88. The molecular formula is C8H15N3O2S. The van der Waals surface area contributed by atoms with Gasteiger partial charge >= 0.3 is 0 Å². The first-order valence-electron chi connectivity index (χ1n) is 4.92. The number of nitrogens with zero attached hydrogens (tertiary/aromatic N) is 1. The fourth-order valence-corrected chi connectivity index (χ4v) is 3.58. The van der Waals surface area contributed by atoms with Crippen LogP contribution in [-0.2, 0) is 9.84 Å². The Hall–Kier alpha value is -0.780. The lowest BCUT2D eigenvalue weighted by molar-refractivity contribution is 0.586. The quantitative estimate of drug-likeness (QED) is 0.629. The van der Waals surface area contributed by atoms with E-state index in [1.165, 1.54) is 0 Å². The summed E-state index contributed by atoms with van der Waals surface area (Å²) in [6, 6.07) is 0. The SMILES string of the molecule is O=S1(=O)CCCC1CNC1=NCCN1. The van der Waals surface area contributed by atoms with E-state index in [0.29, 0.717) is 12.3 Å². The third kappa shape index (κ3) is 2.00. The van der Waals surface area contributed by atoms with Crippen LogP contribution in [0.4, 0.5) is 0 Å². The van der Waals surface area contributed by atoms with Gasteiger partial charge in [0.2, 0.25) is 0 Å². The largest absolute Gasteiger partial charge is 0.355 e. The standard InChI is InChI=1S/C8H15N3O2S/c12-14(13)5-1-2-7(14)6-11-8-9-3-4-10-8/h7H,1-6H2,(H2,9,10,11). The highest BCUT2D eigenvalue weighted by atomic mass is 32.2. The van der Waals surface area contributed by atoms with Crippen molar-refractivity contribution in [3.05, 3.63) is 0 Å². The van der Waals surface area contributed by atoms with Crippen molar-refractivity contribution in [2.45, 2.75) is 18.1 Å². The minimum atomic E-state index is -2.82. The van der Waals surface area contributed by atoms with Gasteiger partial charge in [-0.25, -0.2) is 8.42 Å². The van der Waals surface area contributed by atoms with Gasteiger partial charge in [0, 0.05) is 13.1 Å². The van der Waals surface area contributed by atoms with Gasteiger partial charge in [0.1, 0.15) is 0 Å². The molecule has 2 N–H and O–H groups in total. The normalized spacial score (nSPS) is 29.7. The molecule has 0 spiro atoms. The minimum absolute atomic E-state index is 0.215. The molecule has 0 amide bonds. The van der Waals surface area contributed by atoms with Gasteiger partial charge in [0.05, 0.1) is 17.5 Å². The lowest BCUT2D eigenvalue weighted by Crippen LogP contribution is -2.39. The Morgan fingerprint density at radius 2 is 2.43 bits per heavy atom. The van der Waals surface area contributed by atoms with Gasteiger partial charge in [0.15, 0.2) is 15.8 Å². The second-order valence-corrected chi connectivity index (χ2v) is 6.07. The summed E-state index contributed by atoms with van der Waals surface area (Å²) in [6.07, 6.45) is 1.58. The van der Waals surface area contributed by atoms with Crippen LogP contribution < -0.4 is 10.6 Å². The number of rotatable bonds is 2. The van der Waals surface area contributed by atoms with E-state index >= 15 is 0 Å². The Bertz CT molecular complexity index is 336. The zero-order valence-electron chi connectivity index (χ0n) is 7.99. The van der Waals surface area contributed by atoms with Crippen LogP contribution in [0.25, 0.3) is 0 Å². The summed E-state index contributed by atoms with van der Waals surface area (Å²) >= 11 is 0. The van der Waals surface area contributed by atoms with Crippen molar-refractivity contribution in [1.82, 2.24) is 10.6 Å². The van der Waals surface area contributed by atoms with E-state index < -0.39 is 9.84 Å². The predicted molar refractivity (Wildman–Crippen MR) is 55.1 cm³/mol. The number of hydrogen-bond donors (Lipinski definition) is 2. The van der Waals surface area contributed by atoms with Crippen molar-refractivity contribution in [1.29, 1.82) is 0 Å². The van der Waals surface area contributed by atoms with E-state index in [9.17, 15) is 8.42 Å². The topological polar surface area (TPSA) is 70.6 Å². The third-order valence-corrected chi connectivity index (χ3v) is 4.91. The van der Waals surface area contributed by atoms with Gasteiger partial charge in [0.25, 0.3) is 0 Å². The number of aliphatic imine (C=N–C) groups is 1. The fourth-order valence-electron chi connectivity index (χ4n) is 1.81. The lowest BCUT2D eigenvalue weighted by Gasteiger charge is -2.11. The fraction of sp³-hybridized carbons (Fsp3) is 0.875. The molecule has 2 heterocycles. The van der Waals surface area contributed by atoms with Gasteiger partial charge in [-0.2, -0.15) is 0 Å². The van der Waals surface area contributed by atoms with E-state index in [-0.39, 0.29) is 5.25 Å². The average molecular weight is 217 g/mol. The molecular weight excluding hydrogens is 202 g/mol. The van der Waals surface area contributed by atoms with Crippen molar-refractivity contribution in [2.24, 2.45) is 4.99 Å². The van der Waals surface area contributed by atoms with Crippen LogP contribution in [-0.4, -0.2) is 45.0 Å². The Morgan fingerprint density at radius 3 is 3.00 bits per heavy atom. The highest BCUT2D eigenvalue weighted by molar-refractivity contribution is 7.92. The molecule has 0 aromatic rings. The first kappa shape index (κ1) is 9.76. The Labute approximate surface area is 83.9 Å². The van der Waals surface area contributed by atoms with Crippen molar-refractivity contribution in [3.63, 3.8) is 0 Å². The molecule has 1 unspecified atom stereocenters. The molecule has 5 nitrogen and oxygen atoms in total. The van der Waals surface area contributed by atoms with E-state index in [1.807, 2.05) is 0 Å². The molecule has 0 aromatic carbocycles. The van der Waals surface area contributed by atoms with Crippen LogP contribution in [0.5, 0.6) is 0 Å². The van der Waals surface area contributed by atoms with Crippen LogP contribution >= 0.6 is 0 Å². The van der Waals surface area contributed by atoms with Crippen LogP contribution in [0.1, 0.15) is 12.8 Å². The smallest absolute Gasteiger partial charge is 0.191 e. The summed E-state index contributed by atoms with van der Waals surface area (Å²) in [7, 11) is -2.82. The molecule has 0 aromatic heterocycles. The summed E-state index contributed by atoms with van der Waals surface area (Å²) in [5.41, 5.74) is 0. The maximum Gasteiger partial charge on any atom is 0.191 e. The molecule has 14 heavy (non-hydrogen) atoms. The summed E-state index contributed by atoms with van der Waals surface area (Å²) in [6.45, 7) is 2.12. The van der Waals surface area contributed by atoms with Crippen molar-refractivity contribution < 1.29 is 8.42 Å². The van der Waals surface area contributed by atoms with Crippen LogP contribution in [0.3, 0.4) is 0 Å². The van der Waals surface area contributed by atoms with Gasteiger partial charge in [-0.05, 0) is 12.8 Å². The second kappa shape index (κ2) is 3.76. The third-order valence-electron chi connectivity index (χ3n) is 2.63. The number of sulfone groups is 1. The lowest BCUT2D eigenvalue weighted by atomic mass is 10.2. The molecule has 1 fully saturated rings. The summed E-state index contributed by atoms with van der Waals surface area (Å²) in [4.78, 5) is 4.14. The van der Waals surface area contributed by atoms with Gasteiger partial charge in [-0.3, -0.25) is 4.99 Å². The highest BCUT2D eigenvalue weighted by Gasteiger charge is 2.31. The monoisotopic (exact) mass is 217 g/mol. The zero-order chi connectivity index (χ0) is 10.0. The Kier molecular flexibility index (Phi) is 2.62. The molecule has 0 bridgehead atoms. The first-order valence-corrected chi connectivity index (χ1v) is 6.64. The molecule has 0 aliphatic carbocycles. The molecule has 2 aliphatic rings. The number of nitrogens with one attached hydrogen (secondary N) is 2. The minimum Gasteiger partial charge on any atom is -0.355 e. The molecule has 0 radical (unpaired) electrons. The number of hydrogen-bond acceptors (Lipinski definition) is 5. The van der Waals surface area contributed by atoms with Crippen molar-refractivity contribution >= 4 is 15.8 Å². The van der Waals surface area contributed by atoms with Crippen molar-refractivity contribution in [2.75, 3.05) is 25.4 Å². The van der Waals surface area contributed by atoms with E-state index in [1.54, 1.807) is 0 Å². The summed E-state index contributed by atoms with van der Waals surface area (Å²) < 4.78 is 22.9. The van der Waals surface area contributed by atoms with E-state index in [4.69, 9.17) is 0 Å². The van der Waals surface area contributed by atoms with Gasteiger partial charge in [-0.1, -0.05) is 0 Å². The van der Waals surface area contributed by atoms with E-state index in [2.05, 4.69) is 15.6 Å². The maximum absolute atomic E-state index is 11.5. The molecule has 1 saturated heterocycles. The second-order valence-electron chi connectivity index (χ2n) is 3.67.